The summed E-state index contributed by atoms with van der Waals surface area (Å²) in [6, 6.07) is 5.47. The van der Waals surface area contributed by atoms with E-state index in [-0.39, 0.29) is 24.7 Å². The van der Waals surface area contributed by atoms with Crippen LogP contribution in [0, 0.1) is 5.92 Å². The number of hydrogen-bond donors (Lipinski definition) is 4. The molecule has 4 N–H and O–H groups in total. The average Bonchev–Trinajstić information content (AvgIpc) is 3.14. The number of carbonyl (C=O) groups is 1. The first-order valence-electron chi connectivity index (χ1n) is 12.4. The van der Waals surface area contributed by atoms with Crippen LogP contribution in [-0.2, 0) is 23.4 Å². The molecule has 1 aliphatic rings. The summed E-state index contributed by atoms with van der Waals surface area (Å²) >= 11 is 5.92. The molecule has 16 nitrogen and oxygen atoms in total. The Morgan fingerprint density at radius 2 is 2.00 bits per heavy atom. The Hall–Kier alpha value is -3.20. The van der Waals surface area contributed by atoms with E-state index in [1.54, 1.807) is 6.92 Å². The lowest BCUT2D eigenvalue weighted by Crippen LogP contribution is -2.46. The number of esters is 1. The summed E-state index contributed by atoms with van der Waals surface area (Å²) in [5.41, 5.74) is 5.08. The minimum Gasteiger partial charge on any atom is -0.465 e. The highest BCUT2D eigenvalue weighted by Crippen LogP contribution is 2.48. The molecule has 0 saturated carbocycles. The van der Waals surface area contributed by atoms with Crippen LogP contribution in [0.4, 0.5) is 0 Å². The number of hydrogen-bond acceptors (Lipinski definition) is 11. The summed E-state index contributed by atoms with van der Waals surface area (Å²) < 4.78 is 36.7. The van der Waals surface area contributed by atoms with Gasteiger partial charge in [-0.1, -0.05) is 30.6 Å². The molecule has 0 radical (unpaired) electrons. The Labute approximate surface area is 238 Å². The van der Waals surface area contributed by atoms with Crippen molar-refractivity contribution in [2.24, 2.45) is 11.0 Å². The van der Waals surface area contributed by atoms with Crippen molar-refractivity contribution in [1.82, 2.24) is 14.6 Å². The highest BCUT2D eigenvalue weighted by atomic mass is 35.5. The predicted octanol–water partition coefficient (Wildman–Crippen LogP) is 2.22. The molecule has 1 saturated heterocycles. The van der Waals surface area contributed by atoms with Crippen LogP contribution >= 0.6 is 19.3 Å². The van der Waals surface area contributed by atoms with Crippen LogP contribution in [0.5, 0.6) is 5.75 Å². The molecule has 1 aromatic carbocycles. The lowest BCUT2D eigenvalue weighted by Gasteiger charge is -2.30. The van der Waals surface area contributed by atoms with Gasteiger partial charge in [0.15, 0.2) is 6.23 Å². The fraction of sp³-hybridized carbons (Fsp3) is 0.522. The topological polar surface area (TPSA) is 227 Å². The van der Waals surface area contributed by atoms with Gasteiger partial charge in [0.1, 0.15) is 24.0 Å². The average molecular weight is 617 g/mol. The molecule has 1 unspecified atom stereocenters. The van der Waals surface area contributed by atoms with Crippen LogP contribution in [0.1, 0.15) is 33.4 Å². The van der Waals surface area contributed by atoms with Gasteiger partial charge in [-0.25, -0.2) is 9.36 Å². The zero-order chi connectivity index (χ0) is 30.4. The number of aromatic amines is 1. The molecule has 1 fully saturated rings. The Morgan fingerprint density at radius 3 is 2.59 bits per heavy atom. The third-order valence-electron chi connectivity index (χ3n) is 5.81. The Balaban J connectivity index is 1.97. The Morgan fingerprint density at radius 1 is 1.32 bits per heavy atom. The maximum absolute atomic E-state index is 14.1. The van der Waals surface area contributed by atoms with Crippen molar-refractivity contribution in [2.45, 2.75) is 57.4 Å². The van der Waals surface area contributed by atoms with Crippen molar-refractivity contribution in [3.63, 3.8) is 0 Å². The number of halogens is 1. The first kappa shape index (κ1) is 32.3. The molecule has 0 aliphatic carbocycles. The second-order valence-electron chi connectivity index (χ2n) is 9.37. The molecule has 2 heterocycles. The second kappa shape index (κ2) is 13.6. The fourth-order valence-corrected chi connectivity index (χ4v) is 5.59. The summed E-state index contributed by atoms with van der Waals surface area (Å²) in [4.78, 5) is 41.0. The molecule has 2 aromatic rings. The van der Waals surface area contributed by atoms with Gasteiger partial charge in [0.25, 0.3) is 5.56 Å². The minimum absolute atomic E-state index is 0.0146. The van der Waals surface area contributed by atoms with E-state index in [4.69, 9.17) is 30.1 Å². The normalized spacial score (nSPS) is 24.3. The van der Waals surface area contributed by atoms with Gasteiger partial charge in [-0.15, -0.1) is 0 Å². The fourth-order valence-electron chi connectivity index (χ4n) is 3.94. The smallest absolute Gasteiger partial charge is 0.459 e. The standard InChI is InChI=1S/C23H30ClN6O10P/c1-4-37-21(34)16(11-13(2)3)27-41(36,40-15-7-5-14(24)6-8-15)38-12-23(28-29-25)19(33)18(32)20(39-23)30-10-9-17(31)26-22(30)35/h5-10,13,16,18-20,32-33H,4,11-12H2,1-3H3,(H,27,36)(H,26,31,35)/t16-,18+,19-,20+,23+,41?/m0/s1. The SMILES string of the molecule is CCOC(=O)[C@H](CC(C)C)NP(=O)(OC[C@@]1(N=[N+]=[N-])O[C@@H](n2ccc(=O)[nH]c2=O)[C@H](O)[C@@H]1O)Oc1ccc(Cl)cc1. The molecule has 1 aromatic heterocycles. The van der Waals surface area contributed by atoms with Gasteiger partial charge in [0, 0.05) is 22.2 Å². The highest BCUT2D eigenvalue weighted by molar-refractivity contribution is 7.52. The van der Waals surface area contributed by atoms with Crippen LogP contribution in [0.15, 0.2) is 51.2 Å². The molecular formula is C23H30ClN6O10P. The van der Waals surface area contributed by atoms with Gasteiger partial charge in [0.2, 0.25) is 5.72 Å². The molecule has 18 heteroatoms. The van der Waals surface area contributed by atoms with E-state index >= 15 is 0 Å². The first-order chi connectivity index (χ1) is 19.3. The number of nitrogens with one attached hydrogen (secondary N) is 2. The molecule has 0 amide bonds. The monoisotopic (exact) mass is 616 g/mol. The van der Waals surface area contributed by atoms with Gasteiger partial charge >= 0.3 is 19.4 Å². The molecule has 6 atom stereocenters. The zero-order valence-corrected chi connectivity index (χ0v) is 23.9. The van der Waals surface area contributed by atoms with Crippen LogP contribution in [0.2, 0.25) is 5.02 Å². The number of H-pyrrole nitrogens is 1. The lowest BCUT2D eigenvalue weighted by molar-refractivity contribution is -0.145. The van der Waals surface area contributed by atoms with Crippen molar-refractivity contribution in [2.75, 3.05) is 13.2 Å². The van der Waals surface area contributed by atoms with E-state index in [9.17, 15) is 34.7 Å². The number of nitrogens with zero attached hydrogens (tertiary/aromatic N) is 4. The zero-order valence-electron chi connectivity index (χ0n) is 22.2. The maximum atomic E-state index is 14.1. The van der Waals surface area contributed by atoms with Crippen molar-refractivity contribution in [3.05, 3.63) is 72.8 Å². The van der Waals surface area contributed by atoms with Crippen LogP contribution in [0.25, 0.3) is 10.4 Å². The molecule has 0 bridgehead atoms. The number of rotatable bonds is 13. The number of aliphatic hydroxyl groups excluding tert-OH is 2. The van der Waals surface area contributed by atoms with Crippen LogP contribution in [0.3, 0.4) is 0 Å². The number of benzene rings is 1. The number of azide groups is 1. The molecule has 224 valence electrons. The summed E-state index contributed by atoms with van der Waals surface area (Å²) in [6.07, 6.45) is -4.37. The van der Waals surface area contributed by atoms with E-state index in [1.807, 2.05) is 18.8 Å². The first-order valence-corrected chi connectivity index (χ1v) is 14.3. The summed E-state index contributed by atoms with van der Waals surface area (Å²) in [5, 5.41) is 27.9. The number of carbonyl (C=O) groups excluding carboxylic acids is 1. The van der Waals surface area contributed by atoms with Crippen molar-refractivity contribution in [1.29, 1.82) is 0 Å². The Kier molecular flexibility index (Phi) is 10.8. The van der Waals surface area contributed by atoms with Gasteiger partial charge in [0.05, 0.1) is 13.2 Å². The van der Waals surface area contributed by atoms with Gasteiger partial charge in [-0.05, 0) is 49.1 Å². The molecule has 3 rings (SSSR count). The second-order valence-corrected chi connectivity index (χ2v) is 11.5. The quantitative estimate of drug-likeness (QED) is 0.0838. The Bertz CT molecular complexity index is 1430. The van der Waals surface area contributed by atoms with Gasteiger partial charge < -0.3 is 24.2 Å². The number of aromatic nitrogens is 2. The van der Waals surface area contributed by atoms with Crippen LogP contribution in [-0.4, -0.2) is 62.9 Å². The van der Waals surface area contributed by atoms with Gasteiger partial charge in [-0.2, -0.15) is 5.09 Å². The summed E-state index contributed by atoms with van der Waals surface area (Å²) in [5.74, 6) is -0.790. The van der Waals surface area contributed by atoms with E-state index in [1.165, 1.54) is 24.3 Å². The van der Waals surface area contributed by atoms with E-state index in [2.05, 4.69) is 15.1 Å². The number of aliphatic hydroxyl groups is 2. The largest absolute Gasteiger partial charge is 0.465 e. The predicted molar refractivity (Wildman–Crippen MR) is 144 cm³/mol. The van der Waals surface area contributed by atoms with Gasteiger partial charge in [-0.3, -0.25) is 23.7 Å². The molecule has 1 aliphatic heterocycles. The van der Waals surface area contributed by atoms with E-state index in [0.717, 1.165) is 16.8 Å². The molecule has 0 spiro atoms. The highest BCUT2D eigenvalue weighted by Gasteiger charge is 2.56. The maximum Gasteiger partial charge on any atom is 0.459 e. The third-order valence-corrected chi connectivity index (χ3v) is 7.61. The van der Waals surface area contributed by atoms with E-state index in [0.29, 0.717) is 5.02 Å². The van der Waals surface area contributed by atoms with Crippen molar-refractivity contribution < 1.29 is 38.1 Å². The molecule has 41 heavy (non-hydrogen) atoms. The summed E-state index contributed by atoms with van der Waals surface area (Å²) in [6.45, 7) is 4.29. The minimum atomic E-state index is -4.58. The van der Waals surface area contributed by atoms with Crippen molar-refractivity contribution >= 4 is 25.3 Å². The molecular weight excluding hydrogens is 587 g/mol. The van der Waals surface area contributed by atoms with Crippen molar-refractivity contribution in [3.8, 4) is 5.75 Å². The third kappa shape index (κ3) is 7.97. The van der Waals surface area contributed by atoms with Crippen LogP contribution < -0.4 is 20.9 Å². The van der Waals surface area contributed by atoms with E-state index < -0.39 is 61.8 Å². The lowest BCUT2D eigenvalue weighted by atomic mass is 10.1. The summed E-state index contributed by atoms with van der Waals surface area (Å²) in [7, 11) is -4.58. The number of ether oxygens (including phenoxy) is 2.